The Kier molecular flexibility index (Phi) is 6.68. The molecule has 0 atom stereocenters. The van der Waals surface area contributed by atoms with Crippen molar-refractivity contribution in [1.29, 1.82) is 10.8 Å². The fourth-order valence-electron chi connectivity index (χ4n) is 2.13. The van der Waals surface area contributed by atoms with Crippen LogP contribution in [-0.2, 0) is 0 Å². The van der Waals surface area contributed by atoms with Gasteiger partial charge in [0, 0.05) is 29.3 Å². The van der Waals surface area contributed by atoms with Gasteiger partial charge in [0.25, 0.3) is 5.91 Å². The van der Waals surface area contributed by atoms with E-state index in [1.165, 1.54) is 0 Å². The highest BCUT2D eigenvalue weighted by molar-refractivity contribution is 8.26. The average molecular weight is 424 g/mol. The Labute approximate surface area is 169 Å². The van der Waals surface area contributed by atoms with Crippen molar-refractivity contribution in [3.63, 3.8) is 0 Å². The van der Waals surface area contributed by atoms with Gasteiger partial charge in [-0.25, -0.2) is 13.2 Å². The summed E-state index contributed by atoms with van der Waals surface area (Å²) in [5.41, 5.74) is -1.57. The topological polar surface area (TPSA) is 110 Å². The lowest BCUT2D eigenvalue weighted by atomic mass is 9.99. The first kappa shape index (κ1) is 22.4. The highest BCUT2D eigenvalue weighted by Gasteiger charge is 2.23. The minimum atomic E-state index is -1.34. The Bertz CT molecular complexity index is 973. The van der Waals surface area contributed by atoms with Crippen LogP contribution in [0.4, 0.5) is 13.2 Å². The number of hydrogen-bond donors (Lipinski definition) is 4. The Balaban J connectivity index is 2.04. The number of halogens is 3. The summed E-state index contributed by atoms with van der Waals surface area (Å²) in [6.07, 6.45) is 1.11. The van der Waals surface area contributed by atoms with Crippen molar-refractivity contribution >= 4 is 33.5 Å². The summed E-state index contributed by atoms with van der Waals surface area (Å²) in [4.78, 5) is 27.0. The molecule has 4 N–H and O–H groups in total. The lowest BCUT2D eigenvalue weighted by Crippen LogP contribution is -2.29. The molecule has 0 spiro atoms. The van der Waals surface area contributed by atoms with Gasteiger partial charge in [-0.1, -0.05) is 32.5 Å². The second-order valence-electron chi connectivity index (χ2n) is 7.16. The summed E-state index contributed by atoms with van der Waals surface area (Å²) in [6, 6.07) is 1.90. The molecular weight excluding hydrogens is 405 g/mol. The molecule has 0 unspecified atom stereocenters. The number of carbonyl (C=O) groups is 2. The van der Waals surface area contributed by atoms with Crippen LogP contribution in [0.5, 0.6) is 0 Å². The van der Waals surface area contributed by atoms with E-state index in [-0.39, 0.29) is 27.9 Å². The van der Waals surface area contributed by atoms with Gasteiger partial charge >= 0.3 is 0 Å². The predicted octanol–water partition coefficient (Wildman–Crippen LogP) is 4.13. The molecule has 0 bridgehead atoms. The molecule has 0 saturated heterocycles. The van der Waals surface area contributed by atoms with Crippen LogP contribution in [-0.4, -0.2) is 33.3 Å². The van der Waals surface area contributed by atoms with Crippen molar-refractivity contribution in [2.24, 2.45) is 5.41 Å². The maximum absolute atomic E-state index is 13.8. The summed E-state index contributed by atoms with van der Waals surface area (Å²) >= 11 is 0.929. The van der Waals surface area contributed by atoms with Crippen LogP contribution in [0.25, 0.3) is 0 Å². The molecule has 1 heterocycles. The first-order valence-electron chi connectivity index (χ1n) is 8.40. The van der Waals surface area contributed by atoms with Gasteiger partial charge in [-0.3, -0.25) is 20.4 Å². The summed E-state index contributed by atoms with van der Waals surface area (Å²) in [5.74, 6) is -5.52. The lowest BCUT2D eigenvalue weighted by Gasteiger charge is -2.19. The van der Waals surface area contributed by atoms with E-state index >= 15 is 0 Å². The Morgan fingerprint density at radius 2 is 1.69 bits per heavy atom. The normalized spacial score (nSPS) is 11.2. The second kappa shape index (κ2) is 8.64. The van der Waals surface area contributed by atoms with Gasteiger partial charge in [0.2, 0.25) is 0 Å². The van der Waals surface area contributed by atoms with Crippen LogP contribution in [0.2, 0.25) is 0 Å². The van der Waals surface area contributed by atoms with Gasteiger partial charge < -0.3 is 10.3 Å². The van der Waals surface area contributed by atoms with Gasteiger partial charge in [-0.05, 0) is 6.07 Å². The molecule has 10 heteroatoms. The monoisotopic (exact) mass is 424 g/mol. The first-order chi connectivity index (χ1) is 13.4. The summed E-state index contributed by atoms with van der Waals surface area (Å²) in [5, 5.41) is 18.5. The zero-order valence-electron chi connectivity index (χ0n) is 15.9. The van der Waals surface area contributed by atoms with Crippen LogP contribution >= 0.6 is 11.8 Å². The number of hydrogen-bond acceptors (Lipinski definition) is 5. The van der Waals surface area contributed by atoms with Crippen LogP contribution in [0.1, 0.15) is 47.2 Å². The van der Waals surface area contributed by atoms with Crippen molar-refractivity contribution in [3.05, 3.63) is 58.7 Å². The second-order valence-corrected chi connectivity index (χ2v) is 8.27. The molecule has 1 aromatic heterocycles. The zero-order valence-corrected chi connectivity index (χ0v) is 16.7. The van der Waals surface area contributed by atoms with Gasteiger partial charge in [-0.15, -0.1) is 0 Å². The van der Waals surface area contributed by atoms with Gasteiger partial charge in [0.15, 0.2) is 5.78 Å². The van der Waals surface area contributed by atoms with E-state index in [1.807, 2.05) is 20.8 Å². The summed E-state index contributed by atoms with van der Waals surface area (Å²) in [6.45, 7) is 5.36. The van der Waals surface area contributed by atoms with Crippen LogP contribution < -0.4 is 5.32 Å². The van der Waals surface area contributed by atoms with Crippen molar-refractivity contribution < 1.29 is 22.8 Å². The summed E-state index contributed by atoms with van der Waals surface area (Å²) < 4.78 is 40.5. The maximum atomic E-state index is 13.8. The van der Waals surface area contributed by atoms with E-state index in [2.05, 4.69) is 10.3 Å². The maximum Gasteiger partial charge on any atom is 0.268 e. The molecule has 0 fully saturated rings. The molecular formula is C19H19F3N4O2S. The molecule has 0 saturated carbocycles. The van der Waals surface area contributed by atoms with Crippen LogP contribution in [0, 0.1) is 33.7 Å². The van der Waals surface area contributed by atoms with Gasteiger partial charge in [-0.2, -0.15) is 0 Å². The van der Waals surface area contributed by atoms with Crippen molar-refractivity contribution in [2.45, 2.75) is 20.8 Å². The predicted molar refractivity (Wildman–Crippen MR) is 105 cm³/mol. The van der Waals surface area contributed by atoms with Crippen molar-refractivity contribution in [2.75, 3.05) is 6.54 Å². The molecule has 0 aliphatic rings. The van der Waals surface area contributed by atoms with Gasteiger partial charge in [0.05, 0.1) is 22.2 Å². The fraction of sp³-hybridized carbons (Fsp3) is 0.263. The number of aromatic amines is 1. The highest BCUT2D eigenvalue weighted by atomic mass is 32.2. The molecule has 2 rings (SSSR count). The van der Waals surface area contributed by atoms with Crippen LogP contribution in [0.15, 0.2) is 24.4 Å². The minimum Gasteiger partial charge on any atom is -0.356 e. The molecule has 154 valence electrons. The van der Waals surface area contributed by atoms with Crippen molar-refractivity contribution in [1.82, 2.24) is 10.3 Å². The lowest BCUT2D eigenvalue weighted by molar-refractivity contribution is 0.0955. The number of ketones is 1. The highest BCUT2D eigenvalue weighted by Crippen LogP contribution is 2.23. The van der Waals surface area contributed by atoms with E-state index in [9.17, 15) is 22.8 Å². The first-order valence-corrected chi connectivity index (χ1v) is 9.22. The molecule has 0 aliphatic heterocycles. The van der Waals surface area contributed by atoms with Gasteiger partial charge in [0.1, 0.15) is 23.1 Å². The number of benzene rings is 1. The quantitative estimate of drug-likeness (QED) is 0.329. The standard InChI is InChI=1S/C19H19F3N4O2S/c1-19(2,3)18(24)29-14(23)8-26-17(28)13-4-9(7-25-13)16(27)15-11(21)5-10(20)6-12(15)22/h4-7,23-25H,8H2,1-3H3,(H,26,28). The summed E-state index contributed by atoms with van der Waals surface area (Å²) in [7, 11) is 0. The molecule has 0 aliphatic carbocycles. The van der Waals surface area contributed by atoms with E-state index in [0.717, 1.165) is 24.0 Å². The number of amides is 1. The Morgan fingerprint density at radius 1 is 1.10 bits per heavy atom. The third kappa shape index (κ3) is 5.57. The van der Waals surface area contributed by atoms with Crippen molar-refractivity contribution in [3.8, 4) is 0 Å². The largest absolute Gasteiger partial charge is 0.356 e. The number of carbonyl (C=O) groups excluding carboxylic acids is 2. The molecule has 6 nitrogen and oxygen atoms in total. The molecule has 29 heavy (non-hydrogen) atoms. The third-order valence-electron chi connectivity index (χ3n) is 3.74. The number of aromatic nitrogens is 1. The van der Waals surface area contributed by atoms with E-state index in [0.29, 0.717) is 12.1 Å². The van der Waals surface area contributed by atoms with Crippen LogP contribution in [0.3, 0.4) is 0 Å². The smallest absolute Gasteiger partial charge is 0.268 e. The average Bonchev–Trinajstić information content (AvgIpc) is 3.08. The molecule has 2 aromatic rings. The minimum absolute atomic E-state index is 0.0524. The fourth-order valence-corrected chi connectivity index (χ4v) is 2.83. The molecule has 0 radical (unpaired) electrons. The number of rotatable bonds is 5. The Morgan fingerprint density at radius 3 is 2.24 bits per heavy atom. The van der Waals surface area contributed by atoms with E-state index in [4.69, 9.17) is 10.8 Å². The Hall–Kier alpha value is -2.88. The molecule has 1 amide bonds. The number of nitrogens with one attached hydrogen (secondary N) is 4. The zero-order chi connectivity index (χ0) is 21.9. The van der Waals surface area contributed by atoms with E-state index in [1.54, 1.807) is 0 Å². The number of thioether (sulfide) groups is 1. The third-order valence-corrected chi connectivity index (χ3v) is 4.95. The van der Waals surface area contributed by atoms with E-state index < -0.39 is 40.1 Å². The molecule has 1 aromatic carbocycles. The number of H-pyrrole nitrogens is 1. The SMILES string of the molecule is CC(C)(C)C(=N)SC(=N)CNC(=O)c1cc(C(=O)c2c(F)cc(F)cc2F)c[nH]1.